The molecule has 0 aliphatic carbocycles. The molecule has 3 aromatic carbocycles. The molecular weight excluding hydrogens is 462 g/mol. The van der Waals surface area contributed by atoms with E-state index in [0.29, 0.717) is 18.8 Å². The summed E-state index contributed by atoms with van der Waals surface area (Å²) in [5.41, 5.74) is 2.27. The molecule has 6 nitrogen and oxygen atoms in total. The average molecular weight is 489 g/mol. The Hall–Kier alpha value is -4.07. The van der Waals surface area contributed by atoms with Gasteiger partial charge in [0.05, 0.1) is 23.0 Å². The lowest BCUT2D eigenvalue weighted by molar-refractivity contribution is 0.159. The summed E-state index contributed by atoms with van der Waals surface area (Å²) in [7, 11) is 0. The molecule has 1 aromatic heterocycles. The molecule has 0 radical (unpaired) electrons. The fraction of sp³-hybridized carbons (Fsp3) is 0.250. The highest BCUT2D eigenvalue weighted by atomic mass is 19.2. The highest BCUT2D eigenvalue weighted by Crippen LogP contribution is 2.37. The third kappa shape index (κ3) is 4.12. The molecule has 184 valence electrons. The van der Waals surface area contributed by atoms with E-state index in [1.165, 1.54) is 4.57 Å². The second kappa shape index (κ2) is 9.53. The summed E-state index contributed by atoms with van der Waals surface area (Å²) in [4.78, 5) is 33.2. The molecule has 1 N–H and O–H groups in total. The molecule has 1 aliphatic rings. The minimum Gasteiger partial charge on any atom is -0.308 e. The van der Waals surface area contributed by atoms with Crippen LogP contribution in [0.25, 0.3) is 10.9 Å². The lowest BCUT2D eigenvalue weighted by Gasteiger charge is -2.34. The van der Waals surface area contributed by atoms with Crippen molar-refractivity contribution in [2.75, 3.05) is 5.32 Å². The highest BCUT2D eigenvalue weighted by molar-refractivity contribution is 5.91. The predicted molar refractivity (Wildman–Crippen MR) is 135 cm³/mol. The van der Waals surface area contributed by atoms with E-state index < -0.39 is 23.2 Å². The van der Waals surface area contributed by atoms with E-state index >= 15 is 0 Å². The van der Waals surface area contributed by atoms with Crippen LogP contribution in [-0.2, 0) is 13.0 Å². The highest BCUT2D eigenvalue weighted by Gasteiger charge is 2.37. The summed E-state index contributed by atoms with van der Waals surface area (Å²) < 4.78 is 29.3. The number of nitrogens with zero attached hydrogens (tertiary/aromatic N) is 3. The number of benzene rings is 3. The molecule has 0 saturated carbocycles. The van der Waals surface area contributed by atoms with Crippen molar-refractivity contribution in [3.8, 4) is 0 Å². The summed E-state index contributed by atoms with van der Waals surface area (Å²) in [6, 6.07) is 17.8. The van der Waals surface area contributed by atoms with Gasteiger partial charge in [0, 0.05) is 18.3 Å². The smallest absolute Gasteiger partial charge is 0.308 e. The molecule has 8 heteroatoms. The molecule has 0 fully saturated rings. The number of rotatable bonds is 5. The number of aromatic nitrogens is 2. The van der Waals surface area contributed by atoms with Crippen molar-refractivity contribution in [2.45, 2.75) is 45.3 Å². The van der Waals surface area contributed by atoms with Crippen molar-refractivity contribution in [3.63, 3.8) is 0 Å². The van der Waals surface area contributed by atoms with Gasteiger partial charge in [0.1, 0.15) is 5.82 Å². The van der Waals surface area contributed by atoms with E-state index in [9.17, 15) is 18.4 Å². The maximum atomic E-state index is 14.0. The van der Waals surface area contributed by atoms with Crippen LogP contribution in [0.5, 0.6) is 0 Å². The normalized spacial score (nSPS) is 15.5. The Morgan fingerprint density at radius 1 is 1.11 bits per heavy atom. The Labute approximate surface area is 207 Å². The van der Waals surface area contributed by atoms with Crippen LogP contribution in [0.3, 0.4) is 0 Å². The summed E-state index contributed by atoms with van der Waals surface area (Å²) in [5, 5.41) is 3.07. The summed E-state index contributed by atoms with van der Waals surface area (Å²) in [5.74, 6) is -1.80. The molecule has 0 saturated heterocycles. The van der Waals surface area contributed by atoms with Gasteiger partial charge in [-0.3, -0.25) is 9.36 Å². The third-order valence-corrected chi connectivity index (χ3v) is 6.86. The van der Waals surface area contributed by atoms with Crippen LogP contribution < -0.4 is 10.9 Å². The molecule has 4 aromatic rings. The van der Waals surface area contributed by atoms with Crippen LogP contribution in [0, 0.1) is 11.6 Å². The summed E-state index contributed by atoms with van der Waals surface area (Å²) in [6.07, 6.45) is 1.20. The van der Waals surface area contributed by atoms with E-state index in [-0.39, 0.29) is 23.0 Å². The van der Waals surface area contributed by atoms with Crippen LogP contribution >= 0.6 is 0 Å². The minimum atomic E-state index is -1.09. The molecule has 2 heterocycles. The molecule has 0 bridgehead atoms. The zero-order valence-corrected chi connectivity index (χ0v) is 20.0. The van der Waals surface area contributed by atoms with Crippen LogP contribution in [0.15, 0.2) is 71.5 Å². The van der Waals surface area contributed by atoms with Gasteiger partial charge in [-0.25, -0.2) is 18.6 Å². The molecule has 2 unspecified atom stereocenters. The van der Waals surface area contributed by atoms with E-state index in [0.717, 1.165) is 35.4 Å². The summed E-state index contributed by atoms with van der Waals surface area (Å²) in [6.45, 7) is 4.26. The third-order valence-electron chi connectivity index (χ3n) is 6.86. The predicted octanol–water partition coefficient (Wildman–Crippen LogP) is 5.98. The van der Waals surface area contributed by atoms with E-state index in [1.807, 2.05) is 68.4 Å². The number of amides is 2. The number of anilines is 1. The van der Waals surface area contributed by atoms with E-state index in [4.69, 9.17) is 0 Å². The monoisotopic (exact) mass is 488 g/mol. The number of nitrogens with one attached hydrogen (secondary N) is 1. The zero-order chi connectivity index (χ0) is 25.4. The van der Waals surface area contributed by atoms with Crippen LogP contribution in [-0.4, -0.2) is 20.5 Å². The largest absolute Gasteiger partial charge is 0.322 e. The van der Waals surface area contributed by atoms with Crippen molar-refractivity contribution >= 4 is 22.6 Å². The first-order chi connectivity index (χ1) is 17.4. The maximum absolute atomic E-state index is 14.0. The molecule has 36 heavy (non-hydrogen) atoms. The Balaban J connectivity index is 1.61. The Morgan fingerprint density at radius 2 is 1.81 bits per heavy atom. The molecular formula is C28H26F2N4O2. The SMILES string of the molecule is CCc1ccccc1NC(=O)N(C(C)c1ccccc1)C1CCn2c1nc1cc(F)c(F)cc1c2=O. The standard InChI is InChI=1S/C28H26F2N4O2/c1-3-18-9-7-8-12-23(18)32-28(36)34(17(2)19-10-5-4-6-11-19)25-13-14-33-26(25)31-24-16-22(30)21(29)15-20(24)27(33)35/h4-12,15-17,25H,3,13-14H2,1-2H3,(H,32,36). The Bertz CT molecular complexity index is 1500. The van der Waals surface area contributed by atoms with E-state index in [1.54, 1.807) is 4.90 Å². The van der Waals surface area contributed by atoms with Gasteiger partial charge in [-0.05, 0) is 43.0 Å². The number of carbonyl (C=O) groups excluding carboxylic acids is 1. The van der Waals surface area contributed by atoms with Crippen molar-refractivity contribution in [1.82, 2.24) is 14.5 Å². The number of hydrogen-bond acceptors (Lipinski definition) is 3. The number of fused-ring (bicyclic) bond motifs is 2. The average Bonchev–Trinajstić information content (AvgIpc) is 3.30. The van der Waals surface area contributed by atoms with Gasteiger partial charge < -0.3 is 10.2 Å². The molecule has 0 spiro atoms. The lowest BCUT2D eigenvalue weighted by Crippen LogP contribution is -2.40. The van der Waals surface area contributed by atoms with Crippen LogP contribution in [0.2, 0.25) is 0 Å². The Morgan fingerprint density at radius 3 is 2.56 bits per heavy atom. The first-order valence-electron chi connectivity index (χ1n) is 12.0. The van der Waals surface area contributed by atoms with E-state index in [2.05, 4.69) is 10.3 Å². The number of para-hydroxylation sites is 1. The van der Waals surface area contributed by atoms with Gasteiger partial charge >= 0.3 is 6.03 Å². The van der Waals surface area contributed by atoms with Crippen molar-refractivity contribution in [3.05, 3.63) is 106 Å². The minimum absolute atomic E-state index is 0.0160. The van der Waals surface area contributed by atoms with Crippen molar-refractivity contribution < 1.29 is 13.6 Å². The second-order valence-corrected chi connectivity index (χ2v) is 8.95. The number of halogens is 2. The fourth-order valence-corrected chi connectivity index (χ4v) is 4.96. The molecule has 2 atom stereocenters. The maximum Gasteiger partial charge on any atom is 0.322 e. The van der Waals surface area contributed by atoms with Gasteiger partial charge in [0.2, 0.25) is 0 Å². The van der Waals surface area contributed by atoms with Gasteiger partial charge in [-0.15, -0.1) is 0 Å². The number of carbonyl (C=O) groups is 1. The van der Waals surface area contributed by atoms with Gasteiger partial charge in [-0.1, -0.05) is 55.5 Å². The number of urea groups is 1. The number of aryl methyl sites for hydroxylation is 1. The van der Waals surface area contributed by atoms with Crippen LogP contribution in [0.4, 0.5) is 19.3 Å². The second-order valence-electron chi connectivity index (χ2n) is 8.95. The first-order valence-corrected chi connectivity index (χ1v) is 12.0. The van der Waals surface area contributed by atoms with Crippen LogP contribution in [0.1, 0.15) is 49.3 Å². The molecule has 1 aliphatic heterocycles. The number of hydrogen-bond donors (Lipinski definition) is 1. The van der Waals surface area contributed by atoms with Crippen molar-refractivity contribution in [2.24, 2.45) is 0 Å². The molecule has 5 rings (SSSR count). The van der Waals surface area contributed by atoms with Gasteiger partial charge in [0.25, 0.3) is 5.56 Å². The zero-order valence-electron chi connectivity index (χ0n) is 20.0. The topological polar surface area (TPSA) is 67.2 Å². The first kappa shape index (κ1) is 23.7. The quantitative estimate of drug-likeness (QED) is 0.376. The van der Waals surface area contributed by atoms with Crippen molar-refractivity contribution in [1.29, 1.82) is 0 Å². The summed E-state index contributed by atoms with van der Waals surface area (Å²) >= 11 is 0. The lowest BCUT2D eigenvalue weighted by atomic mass is 10.0. The Kier molecular flexibility index (Phi) is 6.26. The molecule has 2 amide bonds. The van der Waals surface area contributed by atoms with Gasteiger partial charge in [-0.2, -0.15) is 0 Å². The fourth-order valence-electron chi connectivity index (χ4n) is 4.96. The van der Waals surface area contributed by atoms with Gasteiger partial charge in [0.15, 0.2) is 11.6 Å².